The molecule has 1 aromatic heterocycles. The van der Waals surface area contributed by atoms with E-state index in [0.717, 1.165) is 0 Å². The fraction of sp³-hybridized carbons (Fsp3) is 0.300. The van der Waals surface area contributed by atoms with Gasteiger partial charge in [0, 0.05) is 18.7 Å². The summed E-state index contributed by atoms with van der Waals surface area (Å²) in [5, 5.41) is 2.51. The molecule has 86 valence electrons. The highest BCUT2D eigenvalue weighted by atomic mass is 16.6. The van der Waals surface area contributed by atoms with Crippen LogP contribution >= 0.6 is 0 Å². The number of rotatable bonds is 3. The summed E-state index contributed by atoms with van der Waals surface area (Å²) < 4.78 is 0. The molecule has 0 aromatic carbocycles. The van der Waals surface area contributed by atoms with E-state index in [1.807, 2.05) is 0 Å². The van der Waals surface area contributed by atoms with Gasteiger partial charge in [0.1, 0.15) is 17.8 Å². The van der Waals surface area contributed by atoms with Gasteiger partial charge >= 0.3 is 0 Å². The van der Waals surface area contributed by atoms with Crippen LogP contribution in [-0.2, 0) is 4.84 Å². The van der Waals surface area contributed by atoms with Crippen LogP contribution in [0.3, 0.4) is 0 Å². The van der Waals surface area contributed by atoms with Gasteiger partial charge in [-0.1, -0.05) is 0 Å². The normalized spacial score (nSPS) is 11.1. The van der Waals surface area contributed by atoms with E-state index in [2.05, 4.69) is 20.1 Å². The minimum Gasteiger partial charge on any atom is -0.416 e. The van der Waals surface area contributed by atoms with Crippen LogP contribution in [0.2, 0.25) is 0 Å². The number of nitrogens with zero attached hydrogens (tertiary/aromatic N) is 2. The van der Waals surface area contributed by atoms with Crippen LogP contribution in [0.15, 0.2) is 12.1 Å². The Labute approximate surface area is 93.5 Å². The summed E-state index contributed by atoms with van der Waals surface area (Å²) in [7, 11) is 1.55. The lowest BCUT2D eigenvalue weighted by Crippen LogP contribution is -2.21. The van der Waals surface area contributed by atoms with Crippen LogP contribution in [0.4, 0.5) is 0 Å². The first-order valence-corrected chi connectivity index (χ1v) is 4.68. The van der Waals surface area contributed by atoms with Crippen molar-refractivity contribution in [3.05, 3.63) is 29.0 Å². The first-order chi connectivity index (χ1) is 7.60. The molecule has 0 saturated carbocycles. The van der Waals surface area contributed by atoms with Gasteiger partial charge < -0.3 is 10.2 Å². The highest BCUT2D eigenvalue weighted by molar-refractivity contribution is 5.94. The van der Waals surface area contributed by atoms with Gasteiger partial charge in [-0.25, -0.2) is 9.97 Å². The molecule has 0 aliphatic heterocycles. The molecule has 1 aromatic rings. The standard InChI is InChI=1S/C10H14N4O2/c1-6(16-11)4-8-7(2)9(10(15)12-3)14-5-13-8/h4-5H,11H2,1-3H3,(H,12,15)/b6-4+. The maximum atomic E-state index is 11.5. The Kier molecular flexibility index (Phi) is 3.96. The summed E-state index contributed by atoms with van der Waals surface area (Å²) in [6, 6.07) is 0. The monoisotopic (exact) mass is 222 g/mol. The molecular weight excluding hydrogens is 208 g/mol. The number of carbonyl (C=O) groups excluding carboxylic acids is 1. The minimum atomic E-state index is -0.249. The highest BCUT2D eigenvalue weighted by Gasteiger charge is 2.11. The number of aromatic nitrogens is 2. The molecule has 0 atom stereocenters. The highest BCUT2D eigenvalue weighted by Crippen LogP contribution is 2.12. The van der Waals surface area contributed by atoms with Crippen LogP contribution in [0.1, 0.15) is 28.7 Å². The van der Waals surface area contributed by atoms with E-state index in [9.17, 15) is 4.79 Å². The zero-order valence-corrected chi connectivity index (χ0v) is 9.44. The number of allylic oxidation sites excluding steroid dienone is 1. The average molecular weight is 222 g/mol. The largest absolute Gasteiger partial charge is 0.416 e. The number of hydrogen-bond acceptors (Lipinski definition) is 5. The van der Waals surface area contributed by atoms with Crippen molar-refractivity contribution < 1.29 is 9.63 Å². The van der Waals surface area contributed by atoms with Gasteiger partial charge in [-0.15, -0.1) is 0 Å². The second kappa shape index (κ2) is 5.22. The van der Waals surface area contributed by atoms with Crippen molar-refractivity contribution in [3.63, 3.8) is 0 Å². The van der Waals surface area contributed by atoms with E-state index in [1.54, 1.807) is 27.0 Å². The molecule has 1 heterocycles. The predicted octanol–water partition coefficient (Wildman–Crippen LogP) is 0.396. The van der Waals surface area contributed by atoms with Gasteiger partial charge in [0.25, 0.3) is 5.91 Å². The smallest absolute Gasteiger partial charge is 0.270 e. The van der Waals surface area contributed by atoms with Gasteiger partial charge in [-0.3, -0.25) is 4.79 Å². The minimum absolute atomic E-state index is 0.249. The number of amides is 1. The van der Waals surface area contributed by atoms with Crippen LogP contribution in [0, 0.1) is 6.92 Å². The molecule has 1 rings (SSSR count). The Morgan fingerprint density at radius 1 is 1.56 bits per heavy atom. The number of nitrogens with one attached hydrogen (secondary N) is 1. The molecule has 6 heteroatoms. The molecule has 0 unspecified atom stereocenters. The molecule has 6 nitrogen and oxygen atoms in total. The van der Waals surface area contributed by atoms with Crippen LogP contribution in [0.25, 0.3) is 6.08 Å². The second-order valence-electron chi connectivity index (χ2n) is 3.18. The van der Waals surface area contributed by atoms with Crippen molar-refractivity contribution in [2.24, 2.45) is 5.90 Å². The van der Waals surface area contributed by atoms with E-state index in [0.29, 0.717) is 22.7 Å². The van der Waals surface area contributed by atoms with E-state index < -0.39 is 0 Å². The molecular formula is C10H14N4O2. The fourth-order valence-electron chi connectivity index (χ4n) is 1.18. The van der Waals surface area contributed by atoms with Crippen molar-refractivity contribution in [1.29, 1.82) is 0 Å². The van der Waals surface area contributed by atoms with Crippen LogP contribution in [0.5, 0.6) is 0 Å². The third-order valence-electron chi connectivity index (χ3n) is 2.09. The summed E-state index contributed by atoms with van der Waals surface area (Å²) in [5.41, 5.74) is 1.63. The summed E-state index contributed by atoms with van der Waals surface area (Å²) in [6.07, 6.45) is 2.97. The van der Waals surface area contributed by atoms with E-state index in [1.165, 1.54) is 6.33 Å². The number of carbonyl (C=O) groups is 1. The van der Waals surface area contributed by atoms with Gasteiger partial charge in [-0.2, -0.15) is 5.90 Å². The summed E-state index contributed by atoms with van der Waals surface area (Å²) >= 11 is 0. The molecule has 16 heavy (non-hydrogen) atoms. The lowest BCUT2D eigenvalue weighted by Gasteiger charge is -2.06. The van der Waals surface area contributed by atoms with Crippen LogP contribution < -0.4 is 11.2 Å². The van der Waals surface area contributed by atoms with E-state index in [4.69, 9.17) is 5.90 Å². The molecule has 0 bridgehead atoms. The molecule has 0 fully saturated rings. The maximum Gasteiger partial charge on any atom is 0.270 e. The van der Waals surface area contributed by atoms with Crippen molar-refractivity contribution in [2.45, 2.75) is 13.8 Å². The van der Waals surface area contributed by atoms with Gasteiger partial charge in [0.15, 0.2) is 0 Å². The van der Waals surface area contributed by atoms with Gasteiger partial charge in [-0.05, 0) is 13.8 Å². The van der Waals surface area contributed by atoms with Gasteiger partial charge in [0.2, 0.25) is 0 Å². The summed E-state index contributed by atoms with van der Waals surface area (Å²) in [6.45, 7) is 3.46. The first-order valence-electron chi connectivity index (χ1n) is 4.68. The second-order valence-corrected chi connectivity index (χ2v) is 3.18. The van der Waals surface area contributed by atoms with Crippen molar-refractivity contribution in [2.75, 3.05) is 7.05 Å². The molecule has 1 amide bonds. The SMILES string of the molecule is CNC(=O)c1ncnc(/C=C(\C)ON)c1C. The molecule has 3 N–H and O–H groups in total. The Hall–Kier alpha value is -1.95. The summed E-state index contributed by atoms with van der Waals surface area (Å²) in [4.78, 5) is 24.0. The summed E-state index contributed by atoms with van der Waals surface area (Å²) in [5.74, 6) is 5.26. The first kappa shape index (κ1) is 12.1. The lowest BCUT2D eigenvalue weighted by molar-refractivity contribution is 0.0957. The van der Waals surface area contributed by atoms with Crippen molar-refractivity contribution in [1.82, 2.24) is 15.3 Å². The number of nitrogens with two attached hydrogens (primary N) is 1. The molecule has 0 aliphatic rings. The van der Waals surface area contributed by atoms with Crippen molar-refractivity contribution >= 4 is 12.0 Å². The topological polar surface area (TPSA) is 90.1 Å². The molecule has 0 saturated heterocycles. The van der Waals surface area contributed by atoms with E-state index in [-0.39, 0.29) is 5.91 Å². The van der Waals surface area contributed by atoms with Crippen molar-refractivity contribution in [3.8, 4) is 0 Å². The van der Waals surface area contributed by atoms with E-state index >= 15 is 0 Å². The van der Waals surface area contributed by atoms with Crippen LogP contribution in [-0.4, -0.2) is 22.9 Å². The Bertz CT molecular complexity index is 429. The quantitative estimate of drug-likeness (QED) is 0.570. The third-order valence-corrected chi connectivity index (χ3v) is 2.09. The third kappa shape index (κ3) is 2.54. The maximum absolute atomic E-state index is 11.5. The Morgan fingerprint density at radius 2 is 2.25 bits per heavy atom. The zero-order chi connectivity index (χ0) is 12.1. The Morgan fingerprint density at radius 3 is 2.81 bits per heavy atom. The molecule has 0 spiro atoms. The Balaban J connectivity index is 3.19. The lowest BCUT2D eigenvalue weighted by atomic mass is 10.1. The fourth-order valence-corrected chi connectivity index (χ4v) is 1.18. The predicted molar refractivity (Wildman–Crippen MR) is 59.1 cm³/mol. The zero-order valence-electron chi connectivity index (χ0n) is 9.44. The van der Waals surface area contributed by atoms with Gasteiger partial charge in [0.05, 0.1) is 5.69 Å². The molecule has 0 aliphatic carbocycles. The molecule has 0 radical (unpaired) electrons. The number of hydrogen-bond donors (Lipinski definition) is 2. The average Bonchev–Trinajstić information content (AvgIpc) is 2.30.